The van der Waals surface area contributed by atoms with Crippen molar-refractivity contribution in [2.45, 2.75) is 64.3 Å². The van der Waals surface area contributed by atoms with Crippen molar-refractivity contribution in [1.82, 2.24) is 0 Å². The van der Waals surface area contributed by atoms with E-state index in [4.69, 9.17) is 0 Å². The molecule has 4 aliphatic carbocycles. The summed E-state index contributed by atoms with van der Waals surface area (Å²) in [6.07, 6.45) is 0.291. The molecule has 4 N–H and O–H groups in total. The Morgan fingerprint density at radius 2 is 1.76 bits per heavy atom. The first-order valence-corrected chi connectivity index (χ1v) is 9.54. The lowest BCUT2D eigenvalue weighted by Crippen LogP contribution is -2.71. The van der Waals surface area contributed by atoms with Gasteiger partial charge in [0.25, 0.3) is 0 Å². The van der Waals surface area contributed by atoms with Crippen LogP contribution in [0.4, 0.5) is 0 Å². The van der Waals surface area contributed by atoms with Crippen LogP contribution in [0.2, 0.25) is 0 Å². The van der Waals surface area contributed by atoms with Crippen molar-refractivity contribution in [3.63, 3.8) is 0 Å². The first kappa shape index (κ1) is 17.7. The van der Waals surface area contributed by atoms with E-state index in [1.165, 1.54) is 0 Å². The molecule has 0 heterocycles. The molecular weight excluding hydrogens is 320 g/mol. The smallest absolute Gasteiger partial charge is 0.170 e. The van der Waals surface area contributed by atoms with Crippen LogP contribution in [0.5, 0.6) is 0 Å². The number of hydrogen-bond donors (Lipinski definition) is 4. The van der Waals surface area contributed by atoms with Crippen LogP contribution in [-0.2, 0) is 4.79 Å². The minimum Gasteiger partial charge on any atom is -0.396 e. The Hall–Kier alpha value is -0.750. The molecule has 4 rings (SSSR count). The lowest BCUT2D eigenvalue weighted by molar-refractivity contribution is -0.267. The number of carbonyl (C=O) groups is 1. The maximum absolute atomic E-state index is 13.2. The molecule has 0 aliphatic heterocycles. The van der Waals surface area contributed by atoms with Crippen LogP contribution in [0.1, 0.15) is 46.0 Å². The van der Waals surface area contributed by atoms with Gasteiger partial charge in [-0.25, -0.2) is 0 Å². The molecule has 1 spiro atoms. The molecule has 4 saturated carbocycles. The van der Waals surface area contributed by atoms with Crippen molar-refractivity contribution >= 4 is 5.78 Å². The molecule has 0 amide bonds. The standard InChI is InChI=1S/C20H30O5/c1-10-11-4-5-12-19(9-21)13(18(2,3)7-6-14(19)22)8-15(23)20(12,16(10)24)17(11)25/h11-15,17,21-23,25H,1,4-9H2,2-3H3/t11-,12?,13?,14-,15+,17+,19-,20-/m0/s1. The summed E-state index contributed by atoms with van der Waals surface area (Å²) in [6, 6.07) is 0. The van der Waals surface area contributed by atoms with E-state index in [1.807, 2.05) is 0 Å². The largest absolute Gasteiger partial charge is 0.396 e. The average Bonchev–Trinajstić information content (AvgIpc) is 2.68. The van der Waals surface area contributed by atoms with Crippen LogP contribution in [0, 0.1) is 34.0 Å². The number of hydrogen-bond acceptors (Lipinski definition) is 5. The fourth-order valence-electron chi connectivity index (χ4n) is 7.35. The Morgan fingerprint density at radius 3 is 2.40 bits per heavy atom. The summed E-state index contributed by atoms with van der Waals surface area (Å²) in [5.41, 5.74) is -1.91. The van der Waals surface area contributed by atoms with E-state index in [9.17, 15) is 25.2 Å². The summed E-state index contributed by atoms with van der Waals surface area (Å²) < 4.78 is 0. The van der Waals surface area contributed by atoms with Crippen molar-refractivity contribution in [3.8, 4) is 0 Å². The maximum Gasteiger partial charge on any atom is 0.170 e. The Labute approximate surface area is 148 Å². The van der Waals surface area contributed by atoms with Crippen LogP contribution in [-0.4, -0.2) is 51.1 Å². The maximum atomic E-state index is 13.2. The molecule has 0 radical (unpaired) electrons. The van der Waals surface area contributed by atoms with Gasteiger partial charge in [0.1, 0.15) is 0 Å². The third kappa shape index (κ3) is 1.76. The summed E-state index contributed by atoms with van der Waals surface area (Å²) in [6.45, 7) is 7.92. The molecule has 5 nitrogen and oxygen atoms in total. The number of rotatable bonds is 1. The Bertz CT molecular complexity index is 628. The van der Waals surface area contributed by atoms with Crippen molar-refractivity contribution in [2.75, 3.05) is 6.61 Å². The minimum atomic E-state index is -1.31. The summed E-state index contributed by atoms with van der Waals surface area (Å²) in [5, 5.41) is 43.7. The summed E-state index contributed by atoms with van der Waals surface area (Å²) in [5.74, 6) is -1.07. The quantitative estimate of drug-likeness (QED) is 0.530. The Balaban J connectivity index is 1.94. The van der Waals surface area contributed by atoms with Gasteiger partial charge >= 0.3 is 0 Å². The Morgan fingerprint density at radius 1 is 1.08 bits per heavy atom. The second-order valence-corrected chi connectivity index (χ2v) is 9.59. The summed E-state index contributed by atoms with van der Waals surface area (Å²) >= 11 is 0. The van der Waals surface area contributed by atoms with E-state index in [-0.39, 0.29) is 29.6 Å². The van der Waals surface area contributed by atoms with Crippen molar-refractivity contribution in [2.24, 2.45) is 34.0 Å². The van der Waals surface area contributed by atoms with Gasteiger partial charge in [-0.3, -0.25) is 4.79 Å². The molecule has 2 unspecified atom stereocenters. The predicted molar refractivity (Wildman–Crippen MR) is 91.5 cm³/mol. The highest BCUT2D eigenvalue weighted by molar-refractivity contribution is 6.04. The molecule has 0 aromatic rings. The van der Waals surface area contributed by atoms with Crippen LogP contribution in [0.25, 0.3) is 0 Å². The summed E-state index contributed by atoms with van der Waals surface area (Å²) in [4.78, 5) is 13.2. The van der Waals surface area contributed by atoms with Crippen molar-refractivity contribution < 1.29 is 25.2 Å². The van der Waals surface area contributed by atoms with Crippen LogP contribution in [0.3, 0.4) is 0 Å². The van der Waals surface area contributed by atoms with Gasteiger partial charge in [-0.05, 0) is 54.9 Å². The topological polar surface area (TPSA) is 98.0 Å². The third-order valence-electron chi connectivity index (χ3n) is 8.55. The average molecular weight is 350 g/mol. The molecule has 8 atom stereocenters. The lowest BCUT2D eigenvalue weighted by atomic mass is 9.38. The second kappa shape index (κ2) is 5.16. The van der Waals surface area contributed by atoms with Gasteiger partial charge in [0.05, 0.1) is 30.3 Å². The number of carbonyl (C=O) groups excluding carboxylic acids is 1. The number of fused-ring (bicyclic) bond motifs is 3. The highest BCUT2D eigenvalue weighted by atomic mass is 16.3. The van der Waals surface area contributed by atoms with Gasteiger partial charge in [0, 0.05) is 11.3 Å². The summed E-state index contributed by atoms with van der Waals surface area (Å²) in [7, 11) is 0. The SMILES string of the molecule is C=C1C(=O)[C@@]23C(CC[C@@H]1[C@H]2O)[C@@]1(CO)C(C[C@H]3O)C(C)(C)CC[C@@H]1O. The van der Waals surface area contributed by atoms with Crippen molar-refractivity contribution in [3.05, 3.63) is 12.2 Å². The van der Waals surface area contributed by atoms with E-state index < -0.39 is 35.1 Å². The molecule has 4 aliphatic rings. The predicted octanol–water partition coefficient (Wildman–Crippen LogP) is 1.04. The highest BCUT2D eigenvalue weighted by Gasteiger charge is 2.76. The van der Waals surface area contributed by atoms with Crippen LogP contribution >= 0.6 is 0 Å². The van der Waals surface area contributed by atoms with Crippen LogP contribution in [0.15, 0.2) is 12.2 Å². The van der Waals surface area contributed by atoms with Crippen LogP contribution < -0.4 is 0 Å². The molecule has 2 bridgehead atoms. The van der Waals surface area contributed by atoms with E-state index in [1.54, 1.807) is 0 Å². The van der Waals surface area contributed by atoms with Gasteiger partial charge in [-0.15, -0.1) is 0 Å². The normalized spacial score (nSPS) is 54.2. The van der Waals surface area contributed by atoms with Gasteiger partial charge in [0.2, 0.25) is 0 Å². The molecule has 5 heteroatoms. The first-order valence-electron chi connectivity index (χ1n) is 9.54. The fraction of sp³-hybridized carbons (Fsp3) is 0.850. The molecule has 140 valence electrons. The van der Waals surface area contributed by atoms with Gasteiger partial charge in [-0.1, -0.05) is 20.4 Å². The zero-order chi connectivity index (χ0) is 18.4. The van der Waals surface area contributed by atoms with Gasteiger partial charge in [0.15, 0.2) is 5.78 Å². The zero-order valence-corrected chi connectivity index (χ0v) is 15.1. The second-order valence-electron chi connectivity index (χ2n) is 9.59. The van der Waals surface area contributed by atoms with E-state index in [2.05, 4.69) is 20.4 Å². The molecular formula is C20H30O5. The molecule has 4 fully saturated rings. The lowest BCUT2D eigenvalue weighted by Gasteiger charge is -2.66. The van der Waals surface area contributed by atoms with E-state index in [0.717, 1.165) is 6.42 Å². The number of ketones is 1. The van der Waals surface area contributed by atoms with E-state index >= 15 is 0 Å². The number of aliphatic hydroxyl groups is 4. The van der Waals surface area contributed by atoms with Gasteiger partial charge < -0.3 is 20.4 Å². The van der Waals surface area contributed by atoms with E-state index in [0.29, 0.717) is 31.3 Å². The highest BCUT2D eigenvalue weighted by Crippen LogP contribution is 2.70. The number of aliphatic hydroxyl groups excluding tert-OH is 4. The molecule has 25 heavy (non-hydrogen) atoms. The molecule has 0 aromatic heterocycles. The third-order valence-corrected chi connectivity index (χ3v) is 8.55. The minimum absolute atomic E-state index is 0.0928. The fourth-order valence-corrected chi connectivity index (χ4v) is 7.35. The zero-order valence-electron chi connectivity index (χ0n) is 15.1. The van der Waals surface area contributed by atoms with Gasteiger partial charge in [-0.2, -0.15) is 0 Å². The molecule has 0 aromatic carbocycles. The molecule has 0 saturated heterocycles. The van der Waals surface area contributed by atoms with Crippen molar-refractivity contribution in [1.29, 1.82) is 0 Å². The first-order chi connectivity index (χ1) is 11.7. The number of Topliss-reactive ketones (excluding diaryl/α,β-unsaturated/α-hetero) is 1. The monoisotopic (exact) mass is 350 g/mol. The Kier molecular flexibility index (Phi) is 3.64.